The summed E-state index contributed by atoms with van der Waals surface area (Å²) < 4.78 is 37.0. The normalized spacial score (nSPS) is 11.3. The Labute approximate surface area is 204 Å². The molecule has 0 unspecified atom stereocenters. The van der Waals surface area contributed by atoms with Crippen LogP contribution in [-0.2, 0) is 38.0 Å². The highest BCUT2D eigenvalue weighted by Gasteiger charge is 2.30. The number of aliphatic hydroxyl groups is 6. The minimum absolute atomic E-state index is 0.0316. The third-order valence-corrected chi connectivity index (χ3v) is 4.35. The van der Waals surface area contributed by atoms with Crippen molar-refractivity contribution in [3.05, 3.63) is 11.7 Å². The molecule has 0 bridgehead atoms. The Morgan fingerprint density at radius 1 is 0.514 bits per heavy atom. The monoisotopic (exact) mass is 516 g/mol. The van der Waals surface area contributed by atoms with Gasteiger partial charge in [0.05, 0.1) is 85.9 Å². The number of rotatable bonds is 25. The number of carbonyl (C=O) groups is 1. The van der Waals surface area contributed by atoms with Crippen LogP contribution in [0.5, 0.6) is 0 Å². The van der Waals surface area contributed by atoms with Crippen LogP contribution in [0.25, 0.3) is 0 Å². The Kier molecular flexibility index (Phi) is 21.6. The van der Waals surface area contributed by atoms with E-state index in [4.69, 9.17) is 48.5 Å². The molecule has 14 heteroatoms. The predicted octanol–water partition coefficient (Wildman–Crippen LogP) is -2.87. The van der Waals surface area contributed by atoms with E-state index in [2.05, 4.69) is 0 Å². The minimum Gasteiger partial charge on any atom is -0.479 e. The van der Waals surface area contributed by atoms with Crippen LogP contribution in [0.4, 0.5) is 0 Å². The lowest BCUT2D eigenvalue weighted by Gasteiger charge is -2.26. The highest BCUT2D eigenvalue weighted by molar-refractivity contribution is 5.86. The van der Waals surface area contributed by atoms with Gasteiger partial charge in [0.1, 0.15) is 19.8 Å². The van der Waals surface area contributed by atoms with Gasteiger partial charge in [0.15, 0.2) is 0 Å². The first-order valence-electron chi connectivity index (χ1n) is 11.2. The van der Waals surface area contributed by atoms with Gasteiger partial charge in [0.25, 0.3) is 5.76 Å². The van der Waals surface area contributed by atoms with Crippen molar-refractivity contribution in [3.63, 3.8) is 0 Å². The van der Waals surface area contributed by atoms with Crippen LogP contribution in [-0.4, -0.2) is 142 Å². The van der Waals surface area contributed by atoms with Crippen molar-refractivity contribution in [2.75, 3.05) is 106 Å². The quantitative estimate of drug-likeness (QED) is 0.0313. The number of esters is 1. The third-order valence-electron chi connectivity index (χ3n) is 4.35. The zero-order valence-electron chi connectivity index (χ0n) is 20.0. The van der Waals surface area contributed by atoms with E-state index < -0.39 is 37.0 Å². The van der Waals surface area contributed by atoms with Crippen molar-refractivity contribution in [2.45, 2.75) is 6.42 Å². The molecule has 208 valence electrons. The van der Waals surface area contributed by atoms with Crippen LogP contribution in [0, 0.1) is 5.41 Å². The predicted molar refractivity (Wildman–Crippen MR) is 118 cm³/mol. The highest BCUT2D eigenvalue weighted by Crippen LogP contribution is 2.21. The number of ether oxygens (including phenoxy) is 7. The number of hydrogen-bond donors (Lipinski definition) is 6. The lowest BCUT2D eigenvalue weighted by atomic mass is 9.88. The fraction of sp³-hybridized carbons (Fsp3) is 0.857. The lowest BCUT2D eigenvalue weighted by molar-refractivity contribution is -0.147. The molecule has 0 aliphatic rings. The standard InChI is InChI=1S/C21H40O14/c22-2-6-29-9-12-32-18(19(28)33-5-1-21(15-25,16-26)17-27)20(34-13-10-30-7-3-23)35-14-11-31-8-4-24/h22-27H,1-17H2. The van der Waals surface area contributed by atoms with Crippen LogP contribution in [0.2, 0.25) is 0 Å². The van der Waals surface area contributed by atoms with Gasteiger partial charge in [-0.05, 0) is 6.42 Å². The first-order chi connectivity index (χ1) is 17.0. The summed E-state index contributed by atoms with van der Waals surface area (Å²) in [6, 6.07) is 0. The molecule has 0 fully saturated rings. The molecule has 0 rings (SSSR count). The van der Waals surface area contributed by atoms with E-state index in [1.165, 1.54) is 0 Å². The average Bonchev–Trinajstić information content (AvgIpc) is 2.87. The first-order valence-corrected chi connectivity index (χ1v) is 11.2. The Morgan fingerprint density at radius 3 is 1.34 bits per heavy atom. The van der Waals surface area contributed by atoms with E-state index in [0.29, 0.717) is 0 Å². The van der Waals surface area contributed by atoms with Crippen molar-refractivity contribution >= 4 is 5.97 Å². The Balaban J connectivity index is 5.37. The summed E-state index contributed by atoms with van der Waals surface area (Å²) in [6.45, 7) is -2.15. The molecule has 0 saturated heterocycles. The molecule has 0 amide bonds. The van der Waals surface area contributed by atoms with E-state index in [1.54, 1.807) is 0 Å². The molecule has 0 aliphatic carbocycles. The second kappa shape index (κ2) is 22.7. The summed E-state index contributed by atoms with van der Waals surface area (Å²) in [5.74, 6) is -1.72. The second-order valence-electron chi connectivity index (χ2n) is 7.03. The number of aliphatic hydroxyl groups excluding tert-OH is 6. The smallest absolute Gasteiger partial charge is 0.381 e. The summed E-state index contributed by atoms with van der Waals surface area (Å²) in [6.07, 6.45) is -0.0316. The van der Waals surface area contributed by atoms with Crippen molar-refractivity contribution < 1.29 is 68.6 Å². The van der Waals surface area contributed by atoms with Crippen LogP contribution in [0.3, 0.4) is 0 Å². The molecule has 35 heavy (non-hydrogen) atoms. The number of carbonyl (C=O) groups excluding carboxylic acids is 1. The van der Waals surface area contributed by atoms with Gasteiger partial charge in [-0.2, -0.15) is 0 Å². The third kappa shape index (κ3) is 15.8. The molecule has 6 N–H and O–H groups in total. The lowest BCUT2D eigenvalue weighted by Crippen LogP contribution is -2.35. The van der Waals surface area contributed by atoms with Gasteiger partial charge in [-0.3, -0.25) is 0 Å². The maximum atomic E-state index is 12.8. The van der Waals surface area contributed by atoms with Crippen molar-refractivity contribution in [2.24, 2.45) is 5.41 Å². The molecule has 0 aromatic carbocycles. The molecule has 0 spiro atoms. The van der Waals surface area contributed by atoms with Crippen LogP contribution < -0.4 is 0 Å². The molecule has 0 aromatic heterocycles. The van der Waals surface area contributed by atoms with Gasteiger partial charge in [-0.1, -0.05) is 0 Å². The van der Waals surface area contributed by atoms with Crippen LogP contribution in [0.15, 0.2) is 11.7 Å². The van der Waals surface area contributed by atoms with Crippen molar-refractivity contribution in [3.8, 4) is 0 Å². The van der Waals surface area contributed by atoms with E-state index in [-0.39, 0.29) is 98.3 Å². The summed E-state index contributed by atoms with van der Waals surface area (Å²) in [5.41, 5.74) is -1.23. The molecule has 0 radical (unpaired) electrons. The van der Waals surface area contributed by atoms with E-state index in [0.717, 1.165) is 0 Å². The van der Waals surface area contributed by atoms with Gasteiger partial charge in [0, 0.05) is 5.41 Å². The Bertz CT molecular complexity index is 514. The summed E-state index contributed by atoms with van der Waals surface area (Å²) in [4.78, 5) is 12.8. The van der Waals surface area contributed by atoms with Gasteiger partial charge < -0.3 is 63.8 Å². The summed E-state index contributed by atoms with van der Waals surface area (Å²) in [5, 5.41) is 54.6. The fourth-order valence-corrected chi connectivity index (χ4v) is 2.28. The van der Waals surface area contributed by atoms with E-state index >= 15 is 0 Å². The average molecular weight is 517 g/mol. The van der Waals surface area contributed by atoms with Gasteiger partial charge in [-0.25, -0.2) is 4.79 Å². The van der Waals surface area contributed by atoms with Crippen LogP contribution in [0.1, 0.15) is 6.42 Å². The topological polar surface area (TPSA) is 203 Å². The summed E-state index contributed by atoms with van der Waals surface area (Å²) in [7, 11) is 0. The van der Waals surface area contributed by atoms with Gasteiger partial charge in [-0.15, -0.1) is 0 Å². The molecular weight excluding hydrogens is 476 g/mol. The molecule has 0 heterocycles. The zero-order valence-corrected chi connectivity index (χ0v) is 20.0. The largest absolute Gasteiger partial charge is 0.479 e. The van der Waals surface area contributed by atoms with E-state index in [9.17, 15) is 20.1 Å². The maximum Gasteiger partial charge on any atom is 0.381 e. The molecule has 0 saturated carbocycles. The fourth-order valence-electron chi connectivity index (χ4n) is 2.28. The van der Waals surface area contributed by atoms with Crippen LogP contribution >= 0.6 is 0 Å². The molecule has 14 nitrogen and oxygen atoms in total. The molecule has 0 aromatic rings. The second-order valence-corrected chi connectivity index (χ2v) is 7.03. The molecule has 0 atom stereocenters. The molecular formula is C21H40O14. The van der Waals surface area contributed by atoms with Gasteiger partial charge >= 0.3 is 11.9 Å². The Hall–Kier alpha value is -1.75. The van der Waals surface area contributed by atoms with E-state index in [1.807, 2.05) is 0 Å². The minimum atomic E-state index is -1.23. The SMILES string of the molecule is O=C(OCCC(CO)(CO)CO)C(OCCOCCO)=C(OCCOCCO)OCCOCCO. The number of hydrogen-bond acceptors (Lipinski definition) is 14. The van der Waals surface area contributed by atoms with Crippen molar-refractivity contribution in [1.29, 1.82) is 0 Å². The maximum absolute atomic E-state index is 12.8. The summed E-state index contributed by atoms with van der Waals surface area (Å²) >= 11 is 0. The Morgan fingerprint density at radius 2 is 0.943 bits per heavy atom. The van der Waals surface area contributed by atoms with Crippen molar-refractivity contribution in [1.82, 2.24) is 0 Å². The van der Waals surface area contributed by atoms with Gasteiger partial charge in [0.2, 0.25) is 0 Å². The molecule has 0 aliphatic heterocycles. The zero-order chi connectivity index (χ0) is 26.2. The highest BCUT2D eigenvalue weighted by atomic mass is 16.7. The first kappa shape index (κ1) is 33.2.